The van der Waals surface area contributed by atoms with Crippen LogP contribution in [0, 0.1) is 5.92 Å². The van der Waals surface area contributed by atoms with E-state index in [9.17, 15) is 4.79 Å². The number of methoxy groups -OCH3 is 1. The zero-order valence-corrected chi connectivity index (χ0v) is 12.6. The van der Waals surface area contributed by atoms with Gasteiger partial charge in [-0.1, -0.05) is 25.4 Å². The summed E-state index contributed by atoms with van der Waals surface area (Å²) < 4.78 is 15.8. The first-order chi connectivity index (χ1) is 10.1. The Bertz CT molecular complexity index is 468. The summed E-state index contributed by atoms with van der Waals surface area (Å²) in [5.41, 5.74) is 0.254. The molecule has 1 aliphatic heterocycles. The van der Waals surface area contributed by atoms with E-state index in [0.29, 0.717) is 32.1 Å². The lowest BCUT2D eigenvalue weighted by Gasteiger charge is -2.38. The van der Waals surface area contributed by atoms with Gasteiger partial charge >= 0.3 is 5.97 Å². The molecular weight excluding hydrogens is 267 g/mol. The minimum atomic E-state index is -0.651. The van der Waals surface area contributed by atoms with E-state index in [2.05, 4.69) is 6.92 Å². The lowest BCUT2D eigenvalue weighted by molar-refractivity contribution is -0.166. The molecular formula is C16H21BO4. The Balaban J connectivity index is 1.97. The standard InChI is InChI=1S/C16H21BO4/c1-12(9-17)7-8-21-14-5-3-13(4-6-14)16(10-20-11-16)15(18)19-2/h3-6,12H,7-11H2,1-2H3. The first kappa shape index (κ1) is 15.9. The normalized spacial score (nSPS) is 17.6. The number of ether oxygens (including phenoxy) is 3. The number of benzene rings is 1. The van der Waals surface area contributed by atoms with Gasteiger partial charge in [0.15, 0.2) is 0 Å². The lowest BCUT2D eigenvalue weighted by atomic mass is 9.78. The molecule has 0 N–H and O–H groups in total. The molecule has 2 rings (SSSR count). The molecule has 2 radical (unpaired) electrons. The maximum atomic E-state index is 11.9. The van der Waals surface area contributed by atoms with Crippen LogP contribution in [0.4, 0.5) is 0 Å². The molecule has 0 aliphatic carbocycles. The predicted molar refractivity (Wildman–Crippen MR) is 80.8 cm³/mol. The highest BCUT2D eigenvalue weighted by molar-refractivity contribution is 6.08. The maximum absolute atomic E-state index is 11.9. The highest BCUT2D eigenvalue weighted by Crippen LogP contribution is 2.34. The Labute approximate surface area is 127 Å². The Kier molecular flexibility index (Phi) is 5.29. The SMILES string of the molecule is [B]CC(C)CCOc1ccc(C2(C(=O)OC)COC2)cc1. The molecule has 1 atom stereocenters. The average molecular weight is 288 g/mol. The van der Waals surface area contributed by atoms with Crippen molar-refractivity contribution in [3.8, 4) is 5.75 Å². The molecule has 112 valence electrons. The van der Waals surface area contributed by atoms with Crippen LogP contribution in [0.2, 0.25) is 6.32 Å². The number of esters is 1. The number of carbonyl (C=O) groups excluding carboxylic acids is 1. The van der Waals surface area contributed by atoms with Gasteiger partial charge in [0, 0.05) is 0 Å². The predicted octanol–water partition coefficient (Wildman–Crippen LogP) is 2.12. The fraction of sp³-hybridized carbons (Fsp3) is 0.562. The molecule has 0 bridgehead atoms. The summed E-state index contributed by atoms with van der Waals surface area (Å²) >= 11 is 0. The van der Waals surface area contributed by atoms with Crippen LogP contribution in [0.25, 0.3) is 0 Å². The van der Waals surface area contributed by atoms with E-state index < -0.39 is 5.41 Å². The van der Waals surface area contributed by atoms with Crippen LogP contribution in [0.5, 0.6) is 5.75 Å². The van der Waals surface area contributed by atoms with Crippen LogP contribution in [0.1, 0.15) is 18.9 Å². The number of rotatable bonds is 7. The summed E-state index contributed by atoms with van der Waals surface area (Å²) in [6.45, 7) is 3.48. The second-order valence-corrected chi connectivity index (χ2v) is 5.57. The van der Waals surface area contributed by atoms with Gasteiger partial charge in [0.2, 0.25) is 0 Å². The molecule has 1 heterocycles. The number of hydrogen-bond acceptors (Lipinski definition) is 4. The molecule has 1 unspecified atom stereocenters. The molecule has 1 fully saturated rings. The maximum Gasteiger partial charge on any atom is 0.321 e. The molecule has 21 heavy (non-hydrogen) atoms. The van der Waals surface area contributed by atoms with Gasteiger partial charge in [0.25, 0.3) is 0 Å². The summed E-state index contributed by atoms with van der Waals surface area (Å²) in [5.74, 6) is 1.00. The van der Waals surface area contributed by atoms with Crippen molar-refractivity contribution in [2.75, 3.05) is 26.9 Å². The van der Waals surface area contributed by atoms with Gasteiger partial charge in [0.05, 0.1) is 34.8 Å². The minimum Gasteiger partial charge on any atom is -0.494 e. The van der Waals surface area contributed by atoms with E-state index >= 15 is 0 Å². The molecule has 0 amide bonds. The highest BCUT2D eigenvalue weighted by atomic mass is 16.5. The third-order valence-electron chi connectivity index (χ3n) is 3.96. The van der Waals surface area contributed by atoms with E-state index in [4.69, 9.17) is 22.1 Å². The first-order valence-electron chi connectivity index (χ1n) is 7.22. The fourth-order valence-corrected chi connectivity index (χ4v) is 2.27. The molecule has 0 saturated carbocycles. The van der Waals surface area contributed by atoms with Crippen molar-refractivity contribution in [3.63, 3.8) is 0 Å². The first-order valence-corrected chi connectivity index (χ1v) is 7.22. The smallest absolute Gasteiger partial charge is 0.321 e. The van der Waals surface area contributed by atoms with E-state index in [-0.39, 0.29) is 5.97 Å². The van der Waals surface area contributed by atoms with Gasteiger partial charge in [-0.05, 0) is 30.0 Å². The van der Waals surface area contributed by atoms with Crippen molar-refractivity contribution in [3.05, 3.63) is 29.8 Å². The Morgan fingerprint density at radius 2 is 2.05 bits per heavy atom. The van der Waals surface area contributed by atoms with Gasteiger partial charge < -0.3 is 14.2 Å². The van der Waals surface area contributed by atoms with E-state index in [1.54, 1.807) is 0 Å². The molecule has 1 aliphatic rings. The summed E-state index contributed by atoms with van der Waals surface area (Å²) in [4.78, 5) is 11.9. The van der Waals surface area contributed by atoms with Crippen LogP contribution >= 0.6 is 0 Å². The van der Waals surface area contributed by atoms with Crippen LogP contribution in [-0.4, -0.2) is 40.7 Å². The van der Waals surface area contributed by atoms with E-state index in [1.165, 1.54) is 7.11 Å². The Morgan fingerprint density at radius 1 is 1.38 bits per heavy atom. The molecule has 0 spiro atoms. The summed E-state index contributed by atoms with van der Waals surface area (Å²) in [7, 11) is 6.97. The third-order valence-corrected chi connectivity index (χ3v) is 3.96. The lowest BCUT2D eigenvalue weighted by Crippen LogP contribution is -2.53. The van der Waals surface area contributed by atoms with Gasteiger partial charge in [-0.3, -0.25) is 4.79 Å². The van der Waals surface area contributed by atoms with E-state index in [0.717, 1.165) is 17.7 Å². The van der Waals surface area contributed by atoms with E-state index in [1.807, 2.05) is 24.3 Å². The number of hydrogen-bond donors (Lipinski definition) is 0. The minimum absolute atomic E-state index is 0.251. The summed E-state index contributed by atoms with van der Waals surface area (Å²) in [6.07, 6.45) is 1.60. The molecule has 4 nitrogen and oxygen atoms in total. The monoisotopic (exact) mass is 288 g/mol. The second-order valence-electron chi connectivity index (χ2n) is 5.57. The topological polar surface area (TPSA) is 44.8 Å². The Morgan fingerprint density at radius 3 is 2.52 bits per heavy atom. The van der Waals surface area contributed by atoms with Crippen molar-refractivity contribution in [2.24, 2.45) is 5.92 Å². The van der Waals surface area contributed by atoms with Crippen LogP contribution in [0.15, 0.2) is 24.3 Å². The van der Waals surface area contributed by atoms with Gasteiger partial charge in [0.1, 0.15) is 11.2 Å². The zero-order valence-electron chi connectivity index (χ0n) is 12.6. The quantitative estimate of drug-likeness (QED) is 0.569. The van der Waals surface area contributed by atoms with Crippen molar-refractivity contribution in [1.82, 2.24) is 0 Å². The largest absolute Gasteiger partial charge is 0.494 e. The van der Waals surface area contributed by atoms with Gasteiger partial charge in [-0.15, -0.1) is 0 Å². The molecule has 1 aromatic rings. The second kappa shape index (κ2) is 6.99. The fourth-order valence-electron chi connectivity index (χ4n) is 2.27. The Hall–Kier alpha value is -1.49. The summed E-state index contributed by atoms with van der Waals surface area (Å²) in [6, 6.07) is 7.57. The molecule has 0 aromatic heterocycles. The molecule has 1 aromatic carbocycles. The van der Waals surface area contributed by atoms with Crippen LogP contribution in [0.3, 0.4) is 0 Å². The van der Waals surface area contributed by atoms with Gasteiger partial charge in [-0.2, -0.15) is 0 Å². The molecule has 1 saturated heterocycles. The van der Waals surface area contributed by atoms with Crippen LogP contribution < -0.4 is 4.74 Å². The third kappa shape index (κ3) is 3.40. The van der Waals surface area contributed by atoms with Gasteiger partial charge in [-0.25, -0.2) is 0 Å². The number of carbonyl (C=O) groups is 1. The van der Waals surface area contributed by atoms with Crippen molar-refractivity contribution >= 4 is 13.8 Å². The highest BCUT2D eigenvalue weighted by Gasteiger charge is 2.48. The summed E-state index contributed by atoms with van der Waals surface area (Å²) in [5, 5.41) is 0. The van der Waals surface area contributed by atoms with Crippen molar-refractivity contribution in [2.45, 2.75) is 25.1 Å². The molecule has 5 heteroatoms. The van der Waals surface area contributed by atoms with Crippen molar-refractivity contribution in [1.29, 1.82) is 0 Å². The van der Waals surface area contributed by atoms with Crippen LogP contribution in [-0.2, 0) is 19.7 Å². The van der Waals surface area contributed by atoms with Crippen molar-refractivity contribution < 1.29 is 19.0 Å². The average Bonchev–Trinajstić information content (AvgIpc) is 2.47. The zero-order chi connectivity index (χ0) is 15.3.